The number of nitrogens with zero attached hydrogens (tertiary/aromatic N) is 5. The van der Waals surface area contributed by atoms with Crippen molar-refractivity contribution in [3.63, 3.8) is 0 Å². The number of nitriles is 1. The Labute approximate surface area is 296 Å². The minimum atomic E-state index is 0.615. The average Bonchev–Trinajstić information content (AvgIpc) is 3.70. The molecule has 0 saturated carbocycles. The highest BCUT2D eigenvalue weighted by Gasteiger charge is 2.24. The third kappa shape index (κ3) is 4.10. The summed E-state index contributed by atoms with van der Waals surface area (Å²) in [6.45, 7) is 0. The molecular formula is C45H25N5S. The number of rotatable bonds is 3. The van der Waals surface area contributed by atoms with Gasteiger partial charge in [-0.25, -0.2) is 9.97 Å². The zero-order valence-electron chi connectivity index (χ0n) is 27.1. The summed E-state index contributed by atoms with van der Waals surface area (Å²) in [5.74, 6) is 0.615. The van der Waals surface area contributed by atoms with E-state index in [-0.39, 0.29) is 0 Å². The standard InChI is InChI=1S/C45H25N5S/c46-26-27-17-22-41-35(23-27)44-43-36(13-8-16-42(43)51-41)47-45(48-44)50-38-15-7-5-12-32(38)34-25-29(19-21-40(34)50)28-18-20-39-33(24-28)31-11-4-6-14-37(31)49(39)30-9-2-1-3-10-30/h1-25H. The second kappa shape index (κ2) is 10.7. The summed E-state index contributed by atoms with van der Waals surface area (Å²) in [6.07, 6.45) is 0. The summed E-state index contributed by atoms with van der Waals surface area (Å²) in [5, 5.41) is 15.5. The predicted molar refractivity (Wildman–Crippen MR) is 208 cm³/mol. The van der Waals surface area contributed by atoms with Crippen LogP contribution in [0.4, 0.5) is 0 Å². The van der Waals surface area contributed by atoms with Crippen molar-refractivity contribution in [1.29, 1.82) is 5.26 Å². The van der Waals surface area contributed by atoms with Crippen LogP contribution in [0, 0.1) is 11.3 Å². The third-order valence-electron chi connectivity index (χ3n) is 10.1. The zero-order chi connectivity index (χ0) is 33.6. The largest absolute Gasteiger partial charge is 0.309 e. The molecule has 0 aliphatic carbocycles. The number of para-hydroxylation sites is 3. The van der Waals surface area contributed by atoms with Gasteiger partial charge in [-0.3, -0.25) is 4.57 Å². The van der Waals surface area contributed by atoms with Gasteiger partial charge in [0.25, 0.3) is 0 Å². The molecule has 7 aromatic carbocycles. The monoisotopic (exact) mass is 667 g/mol. The Morgan fingerprint density at radius 2 is 1.16 bits per heavy atom. The van der Waals surface area contributed by atoms with Crippen molar-refractivity contribution < 1.29 is 0 Å². The van der Waals surface area contributed by atoms with Gasteiger partial charge in [0.15, 0.2) is 0 Å². The number of fused-ring (bicyclic) bond motifs is 8. The van der Waals surface area contributed by atoms with Gasteiger partial charge in [-0.1, -0.05) is 84.6 Å². The van der Waals surface area contributed by atoms with Gasteiger partial charge in [0.1, 0.15) is 0 Å². The summed E-state index contributed by atoms with van der Waals surface area (Å²) >= 11 is 1.71. The van der Waals surface area contributed by atoms with Gasteiger partial charge in [0, 0.05) is 48.0 Å². The van der Waals surface area contributed by atoms with E-state index in [0.717, 1.165) is 65.0 Å². The molecular weight excluding hydrogens is 643 g/mol. The topological polar surface area (TPSA) is 59.4 Å². The third-order valence-corrected chi connectivity index (χ3v) is 11.3. The maximum atomic E-state index is 9.73. The van der Waals surface area contributed by atoms with Crippen LogP contribution in [0.2, 0.25) is 0 Å². The summed E-state index contributed by atoms with van der Waals surface area (Å²) in [4.78, 5) is 12.7. The van der Waals surface area contributed by atoms with E-state index < -0.39 is 0 Å². The van der Waals surface area contributed by atoms with Crippen LogP contribution in [0.5, 0.6) is 0 Å². The van der Waals surface area contributed by atoms with Crippen molar-refractivity contribution in [1.82, 2.24) is 19.1 Å². The molecule has 0 radical (unpaired) electrons. The Morgan fingerprint density at radius 3 is 1.88 bits per heavy atom. The van der Waals surface area contributed by atoms with E-state index >= 15 is 0 Å². The number of hydrogen-bond donors (Lipinski definition) is 0. The smallest absolute Gasteiger partial charge is 0.235 e. The highest BCUT2D eigenvalue weighted by Crippen LogP contribution is 2.47. The molecule has 51 heavy (non-hydrogen) atoms. The van der Waals surface area contributed by atoms with Crippen LogP contribution < -0.4 is 0 Å². The normalized spacial score (nSPS) is 12.2. The van der Waals surface area contributed by atoms with Gasteiger partial charge in [0.05, 0.1) is 44.9 Å². The first kappa shape index (κ1) is 28.2. The molecule has 0 spiro atoms. The Kier molecular flexibility index (Phi) is 5.89. The van der Waals surface area contributed by atoms with Crippen LogP contribution in [0.25, 0.3) is 88.5 Å². The lowest BCUT2D eigenvalue weighted by atomic mass is 10.0. The number of hydrogen-bond acceptors (Lipinski definition) is 4. The van der Waals surface area contributed by atoms with Gasteiger partial charge < -0.3 is 4.57 Å². The summed E-state index contributed by atoms with van der Waals surface area (Å²) < 4.78 is 4.53. The zero-order valence-corrected chi connectivity index (χ0v) is 27.9. The summed E-state index contributed by atoms with van der Waals surface area (Å²) in [7, 11) is 0. The molecule has 1 aliphatic rings. The molecule has 0 unspecified atom stereocenters. The first-order valence-corrected chi connectivity index (χ1v) is 17.7. The highest BCUT2D eigenvalue weighted by atomic mass is 32.2. The molecule has 0 N–H and O–H groups in total. The van der Waals surface area contributed by atoms with Crippen molar-refractivity contribution in [2.45, 2.75) is 9.79 Å². The molecule has 10 aromatic rings. The molecule has 11 rings (SSSR count). The van der Waals surface area contributed by atoms with Gasteiger partial charge in [-0.05, 0) is 90.0 Å². The van der Waals surface area contributed by atoms with Crippen molar-refractivity contribution in [3.05, 3.63) is 157 Å². The molecule has 0 saturated heterocycles. The Bertz CT molecular complexity index is 3130. The lowest BCUT2D eigenvalue weighted by Crippen LogP contribution is -2.05. The number of aromatic nitrogens is 4. The Balaban J connectivity index is 1.12. The molecule has 5 nitrogen and oxygen atoms in total. The predicted octanol–water partition coefficient (Wildman–Crippen LogP) is 11.5. The van der Waals surface area contributed by atoms with E-state index in [2.05, 4.69) is 149 Å². The quantitative estimate of drug-likeness (QED) is 0.188. The maximum absolute atomic E-state index is 9.73. The molecule has 236 valence electrons. The van der Waals surface area contributed by atoms with Crippen LogP contribution in [0.3, 0.4) is 0 Å². The molecule has 0 amide bonds. The molecule has 0 atom stereocenters. The molecule has 0 bridgehead atoms. The van der Waals surface area contributed by atoms with Crippen LogP contribution in [0.15, 0.2) is 161 Å². The van der Waals surface area contributed by atoms with Crippen molar-refractivity contribution in [2.75, 3.05) is 0 Å². The molecule has 3 aromatic heterocycles. The number of benzene rings is 7. The summed E-state index contributed by atoms with van der Waals surface area (Å²) in [6, 6.07) is 55.7. The van der Waals surface area contributed by atoms with Gasteiger partial charge in [0.2, 0.25) is 5.95 Å². The second-order valence-electron chi connectivity index (χ2n) is 13.0. The van der Waals surface area contributed by atoms with Gasteiger partial charge >= 0.3 is 0 Å². The van der Waals surface area contributed by atoms with E-state index in [0.29, 0.717) is 11.5 Å². The van der Waals surface area contributed by atoms with E-state index in [9.17, 15) is 5.26 Å². The fourth-order valence-electron chi connectivity index (χ4n) is 7.89. The maximum Gasteiger partial charge on any atom is 0.235 e. The van der Waals surface area contributed by atoms with Crippen LogP contribution in [0.1, 0.15) is 5.56 Å². The second-order valence-corrected chi connectivity index (χ2v) is 14.0. The van der Waals surface area contributed by atoms with E-state index in [1.807, 2.05) is 18.2 Å². The fourth-order valence-corrected chi connectivity index (χ4v) is 8.98. The SMILES string of the molecule is N#Cc1ccc2c(c1)-c1nc(-n3c4ccccc4c4cc(-c5ccc6c(c5)c5ccccc5n6-c5ccccc5)ccc43)nc3cccc(c13)S2. The molecule has 6 heteroatoms. The highest BCUT2D eigenvalue weighted by molar-refractivity contribution is 7.99. The van der Waals surface area contributed by atoms with Crippen molar-refractivity contribution >= 4 is 66.3 Å². The molecule has 1 aliphatic heterocycles. The van der Waals surface area contributed by atoms with Crippen LogP contribution in [-0.4, -0.2) is 19.1 Å². The van der Waals surface area contributed by atoms with Crippen molar-refractivity contribution in [3.8, 4) is 40.1 Å². The average molecular weight is 668 g/mol. The van der Waals surface area contributed by atoms with Gasteiger partial charge in [-0.2, -0.15) is 5.26 Å². The summed E-state index contributed by atoms with van der Waals surface area (Å²) in [5.41, 5.74) is 11.3. The van der Waals surface area contributed by atoms with Gasteiger partial charge in [-0.15, -0.1) is 0 Å². The fraction of sp³-hybridized carbons (Fsp3) is 0. The first-order chi connectivity index (χ1) is 25.2. The van der Waals surface area contributed by atoms with E-state index in [1.54, 1.807) is 11.8 Å². The van der Waals surface area contributed by atoms with Crippen LogP contribution >= 0.6 is 11.8 Å². The first-order valence-electron chi connectivity index (χ1n) is 16.9. The minimum Gasteiger partial charge on any atom is -0.309 e. The lowest BCUT2D eigenvalue weighted by molar-refractivity contribution is 1.01. The van der Waals surface area contributed by atoms with E-state index in [1.165, 1.54) is 27.4 Å². The van der Waals surface area contributed by atoms with Crippen LogP contribution in [-0.2, 0) is 0 Å². The Hall–Kier alpha value is -6.68. The molecule has 0 fully saturated rings. The van der Waals surface area contributed by atoms with Crippen molar-refractivity contribution in [2.24, 2.45) is 0 Å². The Morgan fingerprint density at radius 1 is 0.510 bits per heavy atom. The lowest BCUT2D eigenvalue weighted by Gasteiger charge is -2.20. The van der Waals surface area contributed by atoms with E-state index in [4.69, 9.17) is 9.97 Å². The minimum absolute atomic E-state index is 0.615. The molecule has 4 heterocycles.